The van der Waals surface area contributed by atoms with E-state index in [1.165, 1.54) is 23.3 Å². The summed E-state index contributed by atoms with van der Waals surface area (Å²) in [5.41, 5.74) is 6.74. The number of hydrogen-bond donors (Lipinski definition) is 4. The normalized spacial score (nSPS) is 12.6. The lowest BCUT2D eigenvalue weighted by Crippen LogP contribution is -2.52. The van der Waals surface area contributed by atoms with Gasteiger partial charge >= 0.3 is 0 Å². The van der Waals surface area contributed by atoms with Gasteiger partial charge in [-0.2, -0.15) is 8.42 Å². The standard InChI is InChI=1S/C27H36N4O4.C7H8O3S/c1-19(2)16-24(23(26(33)30-35)14-8-12-21-10-6-5-7-11-21)25(32)29-31(18-20(3)4)27(34)22-13-9-15-28-17-22;1-6-2-4-7(5-3-6)11(8,9)10/h5-13,15,17,19-20,23-24,35H,14,16,18H2,1-4H3,(H,29,32)(H,30,33);2-5H,1H3,(H,8,9,10)/b12-8+;/t23-,24+;/m0./s1. The van der Waals surface area contributed by atoms with Crippen LogP contribution in [0.4, 0.5) is 0 Å². The third-order valence-electron chi connectivity index (χ3n) is 6.76. The van der Waals surface area contributed by atoms with Gasteiger partial charge in [0, 0.05) is 18.9 Å². The van der Waals surface area contributed by atoms with E-state index in [0.29, 0.717) is 18.5 Å². The highest BCUT2D eigenvalue weighted by Gasteiger charge is 2.35. The summed E-state index contributed by atoms with van der Waals surface area (Å²) in [7, 11) is -4.02. The van der Waals surface area contributed by atoms with E-state index < -0.39 is 33.8 Å². The molecule has 0 spiro atoms. The lowest BCUT2D eigenvalue weighted by atomic mass is 9.82. The summed E-state index contributed by atoms with van der Waals surface area (Å²) in [6, 6.07) is 18.9. The van der Waals surface area contributed by atoms with Crippen molar-refractivity contribution >= 4 is 33.9 Å². The number of aromatic nitrogens is 1. The smallest absolute Gasteiger partial charge is 0.289 e. The fourth-order valence-electron chi connectivity index (χ4n) is 4.53. The molecule has 3 rings (SSSR count). The summed E-state index contributed by atoms with van der Waals surface area (Å²) < 4.78 is 29.6. The van der Waals surface area contributed by atoms with Gasteiger partial charge in [-0.1, -0.05) is 87.9 Å². The highest BCUT2D eigenvalue weighted by atomic mass is 32.2. The summed E-state index contributed by atoms with van der Waals surface area (Å²) in [5.74, 6) is -2.86. The van der Waals surface area contributed by atoms with E-state index in [-0.39, 0.29) is 29.1 Å². The van der Waals surface area contributed by atoms with E-state index >= 15 is 0 Å². The molecule has 11 nitrogen and oxygen atoms in total. The molecule has 0 aliphatic carbocycles. The maximum Gasteiger partial charge on any atom is 0.294 e. The van der Waals surface area contributed by atoms with Gasteiger partial charge in [0.05, 0.1) is 22.3 Å². The molecule has 1 heterocycles. The first kappa shape index (κ1) is 37.8. The number of pyridine rings is 1. The van der Waals surface area contributed by atoms with E-state index in [1.54, 1.807) is 35.9 Å². The maximum absolute atomic E-state index is 13.5. The van der Waals surface area contributed by atoms with Gasteiger partial charge in [0.2, 0.25) is 11.8 Å². The van der Waals surface area contributed by atoms with Crippen LogP contribution >= 0.6 is 0 Å². The molecule has 0 aliphatic heterocycles. The summed E-state index contributed by atoms with van der Waals surface area (Å²) in [5, 5.41) is 10.7. The minimum absolute atomic E-state index is 0.0666. The summed E-state index contributed by atoms with van der Waals surface area (Å²) in [4.78, 5) is 43.1. The van der Waals surface area contributed by atoms with Gasteiger partial charge in [-0.25, -0.2) is 10.5 Å². The van der Waals surface area contributed by atoms with Crippen LogP contribution in [0, 0.1) is 30.6 Å². The van der Waals surface area contributed by atoms with Crippen LogP contribution in [-0.2, 0) is 19.7 Å². The van der Waals surface area contributed by atoms with Crippen molar-refractivity contribution in [2.24, 2.45) is 23.7 Å². The molecule has 0 bridgehead atoms. The fraction of sp³-hybridized carbons (Fsp3) is 0.353. The summed E-state index contributed by atoms with van der Waals surface area (Å²) in [6.07, 6.45) is 7.36. The molecule has 0 radical (unpaired) electrons. The first-order chi connectivity index (χ1) is 21.7. The molecule has 0 aliphatic rings. The minimum Gasteiger partial charge on any atom is -0.289 e. The third kappa shape index (κ3) is 12.9. The first-order valence-corrected chi connectivity index (χ1v) is 16.4. The minimum atomic E-state index is -4.02. The molecule has 0 saturated heterocycles. The van der Waals surface area contributed by atoms with Crippen LogP contribution in [0.25, 0.3) is 6.08 Å². The van der Waals surface area contributed by atoms with Crippen LogP contribution in [0.5, 0.6) is 0 Å². The molecule has 3 aromatic rings. The second-order valence-corrected chi connectivity index (χ2v) is 13.1. The Labute approximate surface area is 271 Å². The number of benzene rings is 2. The van der Waals surface area contributed by atoms with Gasteiger partial charge in [-0.05, 0) is 61.4 Å². The zero-order valence-electron chi connectivity index (χ0n) is 26.8. The lowest BCUT2D eigenvalue weighted by Gasteiger charge is -2.30. The molecule has 2 aromatic carbocycles. The molecular formula is C34H44N4O7S. The van der Waals surface area contributed by atoms with Crippen molar-refractivity contribution in [3.05, 3.63) is 102 Å². The number of carbonyl (C=O) groups is 3. The lowest BCUT2D eigenvalue weighted by molar-refractivity contribution is -0.142. The van der Waals surface area contributed by atoms with Crippen molar-refractivity contribution in [3.63, 3.8) is 0 Å². The van der Waals surface area contributed by atoms with Crippen LogP contribution in [0.1, 0.15) is 62.0 Å². The van der Waals surface area contributed by atoms with Crippen molar-refractivity contribution < 1.29 is 32.6 Å². The molecule has 2 atom stereocenters. The Kier molecular flexibility index (Phi) is 15.2. The van der Waals surface area contributed by atoms with E-state index in [2.05, 4.69) is 10.4 Å². The van der Waals surface area contributed by atoms with E-state index in [1.807, 2.05) is 77.1 Å². The molecule has 3 amide bonds. The molecule has 248 valence electrons. The number of hydroxylamine groups is 1. The van der Waals surface area contributed by atoms with E-state index in [9.17, 15) is 28.0 Å². The van der Waals surface area contributed by atoms with Gasteiger partial charge in [-0.3, -0.25) is 34.6 Å². The zero-order chi connectivity index (χ0) is 34.3. The number of carbonyl (C=O) groups excluding carboxylic acids is 3. The van der Waals surface area contributed by atoms with Crippen molar-refractivity contribution in [3.8, 4) is 0 Å². The molecule has 46 heavy (non-hydrogen) atoms. The van der Waals surface area contributed by atoms with Gasteiger partial charge < -0.3 is 0 Å². The molecule has 0 saturated carbocycles. The van der Waals surface area contributed by atoms with Crippen LogP contribution in [0.15, 0.2) is 90.1 Å². The number of allylic oxidation sites excluding steroid dienone is 1. The average Bonchev–Trinajstić information content (AvgIpc) is 3.02. The number of rotatable bonds is 12. The van der Waals surface area contributed by atoms with Gasteiger partial charge in [0.25, 0.3) is 16.0 Å². The maximum atomic E-state index is 13.5. The highest BCUT2D eigenvalue weighted by molar-refractivity contribution is 7.85. The second-order valence-electron chi connectivity index (χ2n) is 11.7. The van der Waals surface area contributed by atoms with Crippen LogP contribution < -0.4 is 10.9 Å². The number of nitrogens with one attached hydrogen (secondary N) is 2. The number of hydrazine groups is 1. The van der Waals surface area contributed by atoms with Crippen molar-refractivity contribution in [1.82, 2.24) is 20.9 Å². The molecule has 0 unspecified atom stereocenters. The quantitative estimate of drug-likeness (QED) is 0.116. The van der Waals surface area contributed by atoms with Gasteiger partial charge in [-0.15, -0.1) is 0 Å². The highest BCUT2D eigenvalue weighted by Crippen LogP contribution is 2.26. The van der Waals surface area contributed by atoms with Crippen LogP contribution in [0.2, 0.25) is 0 Å². The SMILES string of the molecule is CC(C)C[C@@H](C(=O)NN(CC(C)C)C(=O)c1cccnc1)[C@H](C/C=C/c1ccccc1)C(=O)NO.Cc1ccc(S(=O)(=O)O)cc1. The van der Waals surface area contributed by atoms with Crippen molar-refractivity contribution in [2.45, 2.75) is 52.4 Å². The van der Waals surface area contributed by atoms with Gasteiger partial charge in [0.15, 0.2) is 0 Å². The van der Waals surface area contributed by atoms with Crippen LogP contribution in [-0.4, -0.2) is 52.4 Å². The fourth-order valence-corrected chi connectivity index (χ4v) is 5.01. The Bertz CT molecular complexity index is 1530. The number of nitrogens with zero attached hydrogens (tertiary/aromatic N) is 2. The van der Waals surface area contributed by atoms with E-state index in [0.717, 1.165) is 11.1 Å². The predicted molar refractivity (Wildman–Crippen MR) is 176 cm³/mol. The Hall–Kier alpha value is -4.39. The monoisotopic (exact) mass is 652 g/mol. The zero-order valence-corrected chi connectivity index (χ0v) is 27.6. The Morgan fingerprint density at radius 3 is 2.07 bits per heavy atom. The number of aryl methyl sites for hydroxylation is 1. The van der Waals surface area contributed by atoms with Gasteiger partial charge in [0.1, 0.15) is 0 Å². The van der Waals surface area contributed by atoms with Crippen molar-refractivity contribution in [1.29, 1.82) is 0 Å². The Morgan fingerprint density at radius 2 is 1.54 bits per heavy atom. The van der Waals surface area contributed by atoms with Crippen molar-refractivity contribution in [2.75, 3.05) is 6.54 Å². The second kappa shape index (κ2) is 18.5. The largest absolute Gasteiger partial charge is 0.294 e. The Morgan fingerprint density at radius 1 is 0.891 bits per heavy atom. The summed E-state index contributed by atoms with van der Waals surface area (Å²) in [6.45, 7) is 9.93. The predicted octanol–water partition coefficient (Wildman–Crippen LogP) is 5.34. The van der Waals surface area contributed by atoms with Crippen LogP contribution in [0.3, 0.4) is 0 Å². The molecule has 1 aromatic heterocycles. The molecule has 4 N–H and O–H groups in total. The number of amides is 3. The molecule has 12 heteroatoms. The third-order valence-corrected chi connectivity index (χ3v) is 7.63. The molecular weight excluding hydrogens is 608 g/mol. The number of hydrogen-bond acceptors (Lipinski definition) is 7. The average molecular weight is 653 g/mol. The summed E-state index contributed by atoms with van der Waals surface area (Å²) >= 11 is 0. The topological polar surface area (TPSA) is 166 Å². The molecule has 0 fully saturated rings. The van der Waals surface area contributed by atoms with E-state index in [4.69, 9.17) is 4.55 Å². The first-order valence-electron chi connectivity index (χ1n) is 14.9. The Balaban J connectivity index is 0.000000562.